The Morgan fingerprint density at radius 3 is 1.67 bits per heavy atom. The number of hydrogen-bond donors (Lipinski definition) is 1. The molecular formula is C3H5ClO3Zn2+2. The summed E-state index contributed by atoms with van der Waals surface area (Å²) in [6.45, 7) is 1.13. The Balaban J connectivity index is -0.0000000417. The first-order valence-corrected chi connectivity index (χ1v) is 1.53. The summed E-state index contributed by atoms with van der Waals surface area (Å²) in [5, 5.41) is 17.3. The number of aliphatic carboxylic acids is 1. The normalized spacial score (nSPS) is 9.11. The predicted molar refractivity (Wildman–Crippen MR) is 16.7 cm³/mol. The van der Waals surface area contributed by atoms with Crippen LogP contribution in [0.3, 0.4) is 0 Å². The van der Waals surface area contributed by atoms with E-state index in [0.29, 0.717) is 0 Å². The van der Waals surface area contributed by atoms with E-state index in [-0.39, 0.29) is 51.4 Å². The number of carbonyl (C=O) groups excluding carboxylic acids is 1. The van der Waals surface area contributed by atoms with Crippen molar-refractivity contribution in [2.24, 2.45) is 0 Å². The van der Waals surface area contributed by atoms with E-state index < -0.39 is 12.1 Å². The average Bonchev–Trinajstić information content (AvgIpc) is 1.36. The van der Waals surface area contributed by atoms with E-state index in [1.54, 1.807) is 0 Å². The molecule has 9 heavy (non-hydrogen) atoms. The Morgan fingerprint density at radius 2 is 1.67 bits per heavy atom. The summed E-state index contributed by atoms with van der Waals surface area (Å²) in [6, 6.07) is 0. The fourth-order valence-corrected chi connectivity index (χ4v) is 0. The van der Waals surface area contributed by atoms with Gasteiger partial charge in [0, 0.05) is 0 Å². The van der Waals surface area contributed by atoms with Crippen molar-refractivity contribution in [1.82, 2.24) is 0 Å². The number of carboxylic acids is 1. The molecular weight excluding hydrogens is 250 g/mol. The van der Waals surface area contributed by atoms with Crippen LogP contribution in [0.1, 0.15) is 6.92 Å². The molecule has 0 aliphatic rings. The number of rotatable bonds is 1. The molecule has 0 rings (SSSR count). The maximum Gasteiger partial charge on any atom is 2.00 e. The monoisotopic (exact) mass is 252 g/mol. The number of aliphatic hydroxyl groups is 1. The van der Waals surface area contributed by atoms with Crippen molar-refractivity contribution in [2.45, 2.75) is 13.0 Å². The number of halogens is 1. The molecule has 44 valence electrons. The van der Waals surface area contributed by atoms with Crippen LogP contribution < -0.4 is 17.5 Å². The Bertz CT molecular complexity index is 68.1. The van der Waals surface area contributed by atoms with Crippen LogP contribution in [0.25, 0.3) is 0 Å². The third-order valence-corrected chi connectivity index (χ3v) is 0.341. The van der Waals surface area contributed by atoms with E-state index in [2.05, 4.69) is 0 Å². The molecule has 0 saturated carbocycles. The number of hydrogen-bond acceptors (Lipinski definition) is 3. The van der Waals surface area contributed by atoms with Gasteiger partial charge in [0.2, 0.25) is 0 Å². The average molecular weight is 255 g/mol. The fraction of sp³-hybridized carbons (Fsp3) is 0.667. The third kappa shape index (κ3) is 17.6. The first-order valence-electron chi connectivity index (χ1n) is 1.53. The standard InChI is InChI=1S/C3H6O3.ClH.2Zn/c1-2(4)3(5)6;;;/h2,4H,1H3,(H,5,6);1H;;/q;;2*+2/p-2. The van der Waals surface area contributed by atoms with Gasteiger partial charge in [0.25, 0.3) is 0 Å². The van der Waals surface area contributed by atoms with Crippen molar-refractivity contribution in [3.05, 3.63) is 0 Å². The molecule has 1 atom stereocenters. The molecule has 6 heteroatoms. The van der Waals surface area contributed by atoms with Crippen molar-refractivity contribution in [3.63, 3.8) is 0 Å². The minimum atomic E-state index is -1.44. The second-order valence-corrected chi connectivity index (χ2v) is 0.995. The van der Waals surface area contributed by atoms with Gasteiger partial charge in [0.1, 0.15) is 0 Å². The van der Waals surface area contributed by atoms with Gasteiger partial charge >= 0.3 is 39.0 Å². The molecule has 0 aromatic heterocycles. The Labute approximate surface area is 85.1 Å². The molecule has 0 aliphatic carbocycles. The molecule has 1 N–H and O–H groups in total. The van der Waals surface area contributed by atoms with Crippen molar-refractivity contribution < 1.29 is 66.4 Å². The maximum absolute atomic E-state index is 9.34. The minimum Gasteiger partial charge on any atom is -1.00 e. The summed E-state index contributed by atoms with van der Waals surface area (Å²) in [5.74, 6) is -1.44. The summed E-state index contributed by atoms with van der Waals surface area (Å²) in [5.41, 5.74) is 0. The first-order chi connectivity index (χ1) is 2.64. The SMILES string of the molecule is CC(O)C(=O)[O-].[Cl-].[Zn+2].[Zn+2]. The van der Waals surface area contributed by atoms with E-state index in [1.807, 2.05) is 0 Å². The summed E-state index contributed by atoms with van der Waals surface area (Å²) in [7, 11) is 0. The van der Waals surface area contributed by atoms with Crippen LogP contribution >= 0.6 is 0 Å². The van der Waals surface area contributed by atoms with Gasteiger partial charge in [-0.3, -0.25) is 0 Å². The molecule has 0 bridgehead atoms. The van der Waals surface area contributed by atoms with E-state index in [9.17, 15) is 9.90 Å². The van der Waals surface area contributed by atoms with Gasteiger partial charge in [0.05, 0.1) is 12.1 Å². The molecule has 3 nitrogen and oxygen atoms in total. The molecule has 0 spiro atoms. The molecule has 0 aromatic carbocycles. The third-order valence-electron chi connectivity index (χ3n) is 0.341. The zero-order chi connectivity index (χ0) is 5.15. The number of aliphatic hydroxyl groups excluding tert-OH is 1. The molecule has 1 unspecified atom stereocenters. The molecule has 0 aromatic rings. The van der Waals surface area contributed by atoms with Gasteiger partial charge in [-0.05, 0) is 6.92 Å². The van der Waals surface area contributed by atoms with Gasteiger partial charge in [-0.2, -0.15) is 0 Å². The van der Waals surface area contributed by atoms with Crippen molar-refractivity contribution in [3.8, 4) is 0 Å². The smallest absolute Gasteiger partial charge is 1.00 e. The van der Waals surface area contributed by atoms with Crippen LogP contribution in [0.5, 0.6) is 0 Å². The summed E-state index contributed by atoms with van der Waals surface area (Å²) >= 11 is 0. The summed E-state index contributed by atoms with van der Waals surface area (Å²) in [4.78, 5) is 9.34. The molecule has 0 saturated heterocycles. The fourth-order valence-electron chi connectivity index (χ4n) is 0. The number of carbonyl (C=O) groups is 1. The summed E-state index contributed by atoms with van der Waals surface area (Å²) < 4.78 is 0. The van der Waals surface area contributed by atoms with Gasteiger partial charge in [-0.15, -0.1) is 0 Å². The predicted octanol–water partition coefficient (Wildman–Crippen LogP) is -4.88. The van der Waals surface area contributed by atoms with Crippen molar-refractivity contribution in [1.29, 1.82) is 0 Å². The van der Waals surface area contributed by atoms with Crippen molar-refractivity contribution in [2.75, 3.05) is 0 Å². The van der Waals surface area contributed by atoms with Crippen LogP contribution in [0.15, 0.2) is 0 Å². The largest absolute Gasteiger partial charge is 2.00 e. The topological polar surface area (TPSA) is 60.4 Å². The van der Waals surface area contributed by atoms with Crippen LogP contribution in [-0.4, -0.2) is 17.2 Å². The van der Waals surface area contributed by atoms with E-state index in [0.717, 1.165) is 6.92 Å². The van der Waals surface area contributed by atoms with Gasteiger partial charge in [-0.25, -0.2) is 0 Å². The Morgan fingerprint density at radius 1 is 1.56 bits per heavy atom. The molecule has 0 amide bonds. The Kier molecular flexibility index (Phi) is 29.3. The van der Waals surface area contributed by atoms with E-state index in [4.69, 9.17) is 5.11 Å². The second-order valence-electron chi connectivity index (χ2n) is 0.995. The van der Waals surface area contributed by atoms with Crippen LogP contribution in [-0.2, 0) is 43.8 Å². The second kappa shape index (κ2) is 11.7. The first kappa shape index (κ1) is 22.5. The zero-order valence-corrected chi connectivity index (χ0v) is 11.8. The maximum atomic E-state index is 9.34. The van der Waals surface area contributed by atoms with E-state index >= 15 is 0 Å². The van der Waals surface area contributed by atoms with Gasteiger partial charge < -0.3 is 27.4 Å². The van der Waals surface area contributed by atoms with Crippen LogP contribution in [0.2, 0.25) is 0 Å². The summed E-state index contributed by atoms with van der Waals surface area (Å²) in [6.07, 6.45) is -1.34. The molecule has 0 aliphatic heterocycles. The molecule has 0 radical (unpaired) electrons. The van der Waals surface area contributed by atoms with Crippen LogP contribution in [0.4, 0.5) is 0 Å². The van der Waals surface area contributed by atoms with E-state index in [1.165, 1.54) is 0 Å². The van der Waals surface area contributed by atoms with Gasteiger partial charge in [-0.1, -0.05) is 0 Å². The number of carboxylic acid groups (broad SMARTS) is 1. The van der Waals surface area contributed by atoms with Crippen molar-refractivity contribution >= 4 is 5.97 Å². The molecule has 0 fully saturated rings. The van der Waals surface area contributed by atoms with Gasteiger partial charge in [0.15, 0.2) is 0 Å². The van der Waals surface area contributed by atoms with Crippen LogP contribution in [0, 0.1) is 0 Å². The minimum absolute atomic E-state index is 0. The zero-order valence-electron chi connectivity index (χ0n) is 5.13. The Hall–Kier alpha value is 0.967. The quantitative estimate of drug-likeness (QED) is 0.478. The molecule has 0 heterocycles.